The van der Waals surface area contributed by atoms with Crippen LogP contribution in [0.3, 0.4) is 0 Å². The van der Waals surface area contributed by atoms with Gasteiger partial charge in [-0.1, -0.05) is 0 Å². The van der Waals surface area contributed by atoms with E-state index in [4.69, 9.17) is 4.74 Å². The molecule has 0 spiro atoms. The van der Waals surface area contributed by atoms with Crippen LogP contribution in [0.25, 0.3) is 33.3 Å². The van der Waals surface area contributed by atoms with Gasteiger partial charge in [0.1, 0.15) is 17.1 Å². The number of rotatable bonds is 10. The summed E-state index contributed by atoms with van der Waals surface area (Å²) >= 11 is 0. The van der Waals surface area contributed by atoms with Gasteiger partial charge < -0.3 is 19.9 Å². The Balaban J connectivity index is 1.59. The molecule has 1 amide bonds. The van der Waals surface area contributed by atoms with Crippen LogP contribution >= 0.6 is 0 Å². The highest BCUT2D eigenvalue weighted by Crippen LogP contribution is 2.48. The second kappa shape index (κ2) is 11.0. The normalized spacial score (nSPS) is 16.3. The number of nitriles is 1. The molecule has 1 aliphatic carbocycles. The summed E-state index contributed by atoms with van der Waals surface area (Å²) in [6.45, 7) is -1.73. The number of fused-ring (bicyclic) bond motifs is 1. The number of carbonyl (C=O) groups is 1. The molecule has 5 rings (SSSR count). The minimum atomic E-state index is -3.31. The van der Waals surface area contributed by atoms with Gasteiger partial charge in [0.25, 0.3) is 11.8 Å². The summed E-state index contributed by atoms with van der Waals surface area (Å²) in [5.74, 6) is -5.49. The lowest BCUT2D eigenvalue weighted by atomic mass is 9.97. The summed E-state index contributed by atoms with van der Waals surface area (Å²) in [7, 11) is 2.83. The number of aromatic nitrogens is 4. The van der Waals surface area contributed by atoms with Gasteiger partial charge >= 0.3 is 6.61 Å². The SMILES string of the molecule is COc1cc(-c2c3c(C#N)cc(-c4cnn(C[C@H](C)O)c4)cc3nn2C)cc(OC(F)F)c1C(=O)NC[C@H]1CC1(F)F. The Labute approximate surface area is 237 Å². The van der Waals surface area contributed by atoms with Gasteiger partial charge in [0.15, 0.2) is 0 Å². The molecule has 0 aliphatic heterocycles. The lowest BCUT2D eigenvalue weighted by Gasteiger charge is -2.17. The van der Waals surface area contributed by atoms with E-state index in [1.807, 2.05) is 0 Å². The van der Waals surface area contributed by atoms with Crippen molar-refractivity contribution in [2.45, 2.75) is 38.5 Å². The third-order valence-corrected chi connectivity index (χ3v) is 6.94. The molecular weight excluding hydrogens is 560 g/mol. The van der Waals surface area contributed by atoms with Crippen LogP contribution in [0.5, 0.6) is 11.5 Å². The minimum Gasteiger partial charge on any atom is -0.496 e. The number of carbonyl (C=O) groups excluding carboxylic acids is 1. The van der Waals surface area contributed by atoms with E-state index in [1.54, 1.807) is 43.2 Å². The molecule has 14 heteroatoms. The van der Waals surface area contributed by atoms with E-state index in [2.05, 4.69) is 26.3 Å². The van der Waals surface area contributed by atoms with Crippen molar-refractivity contribution >= 4 is 16.8 Å². The van der Waals surface area contributed by atoms with E-state index in [0.717, 1.165) is 0 Å². The molecule has 1 fully saturated rings. The number of halogens is 4. The van der Waals surface area contributed by atoms with Crippen molar-refractivity contribution in [3.63, 3.8) is 0 Å². The monoisotopic (exact) mass is 586 g/mol. The Morgan fingerprint density at radius 2 is 1.95 bits per heavy atom. The molecule has 2 aromatic heterocycles. The Morgan fingerprint density at radius 1 is 1.24 bits per heavy atom. The number of hydrogen-bond donors (Lipinski definition) is 2. The van der Waals surface area contributed by atoms with Crippen molar-refractivity contribution in [3.8, 4) is 40.0 Å². The van der Waals surface area contributed by atoms with Gasteiger partial charge in [-0.3, -0.25) is 14.2 Å². The second-order valence-electron chi connectivity index (χ2n) is 10.1. The molecule has 0 unspecified atom stereocenters. The van der Waals surface area contributed by atoms with E-state index in [0.29, 0.717) is 27.7 Å². The standard InChI is InChI=1S/C28H26F4N6O4/c1-14(39)12-38-13-18(10-35-38)15-4-17(9-33)23-20(5-15)36-37(2)25(23)16-6-21(41-3)24(22(7-16)42-27(29)30)26(40)34-11-19-8-28(19,31)32/h4-7,10,13-14,19,27,39H,8,11-12H2,1-3H3,(H,34,40)/t14-,19+/m0/s1. The zero-order valence-electron chi connectivity index (χ0n) is 22.7. The number of aliphatic hydroxyl groups excluding tert-OH is 1. The number of nitrogens with zero attached hydrogens (tertiary/aromatic N) is 5. The molecule has 4 aromatic rings. The molecule has 1 aliphatic rings. The maximum Gasteiger partial charge on any atom is 0.387 e. The van der Waals surface area contributed by atoms with Crippen LogP contribution < -0.4 is 14.8 Å². The van der Waals surface area contributed by atoms with Crippen LogP contribution in [0.2, 0.25) is 0 Å². The van der Waals surface area contributed by atoms with Gasteiger partial charge in [0.05, 0.1) is 48.8 Å². The van der Waals surface area contributed by atoms with Crippen molar-refractivity contribution in [1.82, 2.24) is 24.9 Å². The first-order valence-electron chi connectivity index (χ1n) is 12.9. The summed E-state index contributed by atoms with van der Waals surface area (Å²) in [4.78, 5) is 12.9. The van der Waals surface area contributed by atoms with Crippen molar-refractivity contribution in [1.29, 1.82) is 5.26 Å². The summed E-state index contributed by atoms with van der Waals surface area (Å²) in [5, 5.41) is 31.2. The maximum atomic E-state index is 13.5. The largest absolute Gasteiger partial charge is 0.496 e. The van der Waals surface area contributed by atoms with E-state index in [1.165, 1.54) is 23.9 Å². The molecule has 2 aromatic carbocycles. The van der Waals surface area contributed by atoms with E-state index in [-0.39, 0.29) is 42.0 Å². The molecule has 0 bridgehead atoms. The van der Waals surface area contributed by atoms with Crippen LogP contribution in [-0.2, 0) is 13.6 Å². The smallest absolute Gasteiger partial charge is 0.387 e. The van der Waals surface area contributed by atoms with E-state index >= 15 is 0 Å². The van der Waals surface area contributed by atoms with Gasteiger partial charge in [-0.25, -0.2) is 8.78 Å². The van der Waals surface area contributed by atoms with Gasteiger partial charge in [0.2, 0.25) is 0 Å². The number of aliphatic hydroxyl groups is 1. The van der Waals surface area contributed by atoms with Gasteiger partial charge in [-0.2, -0.15) is 24.2 Å². The number of ether oxygens (including phenoxy) is 2. The van der Waals surface area contributed by atoms with Crippen molar-refractivity contribution in [2.24, 2.45) is 13.0 Å². The van der Waals surface area contributed by atoms with Gasteiger partial charge in [-0.05, 0) is 36.8 Å². The van der Waals surface area contributed by atoms with Crippen LogP contribution in [0.4, 0.5) is 17.6 Å². The Bertz CT molecular complexity index is 1710. The summed E-state index contributed by atoms with van der Waals surface area (Å²) < 4.78 is 66.6. The summed E-state index contributed by atoms with van der Waals surface area (Å²) in [6, 6.07) is 8.14. The zero-order chi connectivity index (χ0) is 30.3. The molecule has 0 radical (unpaired) electrons. The molecule has 10 nitrogen and oxygen atoms in total. The first-order valence-corrected chi connectivity index (χ1v) is 12.9. The van der Waals surface area contributed by atoms with Gasteiger partial charge in [-0.15, -0.1) is 0 Å². The zero-order valence-corrected chi connectivity index (χ0v) is 22.7. The Hall–Kier alpha value is -4.64. The Kier molecular flexibility index (Phi) is 7.55. The predicted octanol–water partition coefficient (Wildman–Crippen LogP) is 4.35. The average Bonchev–Trinajstić information content (AvgIpc) is 3.21. The first kappa shape index (κ1) is 28.9. The molecule has 2 N–H and O–H groups in total. The lowest BCUT2D eigenvalue weighted by molar-refractivity contribution is -0.0502. The van der Waals surface area contributed by atoms with Crippen LogP contribution in [0.15, 0.2) is 36.7 Å². The number of nitrogens with one attached hydrogen (secondary N) is 1. The number of benzene rings is 2. The number of hydrogen-bond acceptors (Lipinski definition) is 7. The molecule has 2 atom stereocenters. The highest BCUT2D eigenvalue weighted by molar-refractivity contribution is 6.03. The summed E-state index contributed by atoms with van der Waals surface area (Å²) in [6.07, 6.45) is 2.35. The average molecular weight is 587 g/mol. The molecule has 42 heavy (non-hydrogen) atoms. The van der Waals surface area contributed by atoms with Crippen LogP contribution in [-0.4, -0.2) is 62.9 Å². The fourth-order valence-corrected chi connectivity index (χ4v) is 4.89. The van der Waals surface area contributed by atoms with Crippen LogP contribution in [0.1, 0.15) is 29.3 Å². The summed E-state index contributed by atoms with van der Waals surface area (Å²) in [5.41, 5.74) is 2.23. The fraction of sp³-hybridized carbons (Fsp3) is 0.357. The molecule has 2 heterocycles. The third kappa shape index (κ3) is 5.60. The lowest BCUT2D eigenvalue weighted by Crippen LogP contribution is -2.28. The highest BCUT2D eigenvalue weighted by Gasteiger charge is 2.56. The topological polar surface area (TPSA) is 127 Å². The highest BCUT2D eigenvalue weighted by atomic mass is 19.3. The molecule has 0 saturated heterocycles. The van der Waals surface area contributed by atoms with E-state index in [9.17, 15) is 32.7 Å². The molecule has 1 saturated carbocycles. The minimum absolute atomic E-state index is 0.141. The maximum absolute atomic E-state index is 13.5. The fourth-order valence-electron chi connectivity index (χ4n) is 4.89. The quantitative estimate of drug-likeness (QED) is 0.265. The second-order valence-corrected chi connectivity index (χ2v) is 10.1. The van der Waals surface area contributed by atoms with Crippen molar-refractivity contribution in [3.05, 3.63) is 47.8 Å². The number of amides is 1. The van der Waals surface area contributed by atoms with E-state index < -0.39 is 36.2 Å². The predicted molar refractivity (Wildman–Crippen MR) is 142 cm³/mol. The molecular formula is C28H26F4N6O4. The number of alkyl halides is 4. The first-order chi connectivity index (χ1) is 19.9. The van der Waals surface area contributed by atoms with Crippen LogP contribution in [0, 0.1) is 17.2 Å². The number of methoxy groups -OCH3 is 1. The Morgan fingerprint density at radius 3 is 2.57 bits per heavy atom. The third-order valence-electron chi connectivity index (χ3n) is 6.94. The number of aryl methyl sites for hydroxylation is 1. The van der Waals surface area contributed by atoms with Crippen molar-refractivity contribution in [2.75, 3.05) is 13.7 Å². The van der Waals surface area contributed by atoms with Crippen molar-refractivity contribution < 1.29 is 36.9 Å². The molecule has 220 valence electrons. The van der Waals surface area contributed by atoms with Gasteiger partial charge in [0, 0.05) is 48.6 Å².